The van der Waals surface area contributed by atoms with Crippen LogP contribution in [0.3, 0.4) is 0 Å². The molecule has 1 aliphatic rings. The Morgan fingerprint density at radius 2 is 2.11 bits per heavy atom. The van der Waals surface area contributed by atoms with Crippen molar-refractivity contribution >= 4 is 12.0 Å². The number of aryl methyl sites for hydroxylation is 1. The van der Waals surface area contributed by atoms with E-state index >= 15 is 0 Å². The molecule has 0 N–H and O–H groups in total. The molecule has 2 rings (SSSR count). The van der Waals surface area contributed by atoms with Crippen molar-refractivity contribution in [2.75, 3.05) is 26.3 Å². The second kappa shape index (κ2) is 5.31. The summed E-state index contributed by atoms with van der Waals surface area (Å²) in [6.07, 6.45) is 1.58. The number of carbonyl (C=O) groups is 1. The molecule has 0 unspecified atom stereocenters. The molecule has 1 heterocycles. The van der Waals surface area contributed by atoms with Crippen molar-refractivity contribution in [2.24, 2.45) is 0 Å². The summed E-state index contributed by atoms with van der Waals surface area (Å²) in [5.74, 6) is -0.524. The molecule has 1 fully saturated rings. The Balaban J connectivity index is 2.34. The summed E-state index contributed by atoms with van der Waals surface area (Å²) in [6, 6.07) is 2.94. The van der Waals surface area contributed by atoms with Gasteiger partial charge in [0.15, 0.2) is 0 Å². The zero-order valence-corrected chi connectivity index (χ0v) is 10.4. The summed E-state index contributed by atoms with van der Waals surface area (Å²) in [5.41, 5.74) is 1.56. The maximum Gasteiger partial charge on any atom is 0.254 e. The summed E-state index contributed by atoms with van der Waals surface area (Å²) < 4.78 is 18.8. The van der Waals surface area contributed by atoms with Crippen molar-refractivity contribution in [3.63, 3.8) is 0 Å². The van der Waals surface area contributed by atoms with Gasteiger partial charge < -0.3 is 9.64 Å². The van der Waals surface area contributed by atoms with E-state index in [9.17, 15) is 9.18 Å². The Kier molecular flexibility index (Phi) is 3.77. The molecule has 18 heavy (non-hydrogen) atoms. The smallest absolute Gasteiger partial charge is 0.254 e. The van der Waals surface area contributed by atoms with Crippen LogP contribution >= 0.6 is 0 Å². The Hall–Kier alpha value is -1.68. The van der Waals surface area contributed by atoms with Crippen LogP contribution in [0.15, 0.2) is 18.7 Å². The lowest BCUT2D eigenvalue weighted by molar-refractivity contribution is 0.0302. The summed E-state index contributed by atoms with van der Waals surface area (Å²) >= 11 is 0. The molecule has 96 valence electrons. The number of ether oxygens (including phenoxy) is 1. The zero-order chi connectivity index (χ0) is 13.1. The van der Waals surface area contributed by atoms with Crippen LogP contribution < -0.4 is 0 Å². The highest BCUT2D eigenvalue weighted by atomic mass is 19.1. The third kappa shape index (κ3) is 2.43. The lowest BCUT2D eigenvalue weighted by atomic mass is 10.0. The third-order valence-electron chi connectivity index (χ3n) is 3.08. The topological polar surface area (TPSA) is 29.5 Å². The molecule has 1 aromatic rings. The summed E-state index contributed by atoms with van der Waals surface area (Å²) in [4.78, 5) is 14.0. The number of hydrogen-bond acceptors (Lipinski definition) is 2. The number of morpholine rings is 1. The molecule has 0 atom stereocenters. The van der Waals surface area contributed by atoms with E-state index in [2.05, 4.69) is 6.58 Å². The van der Waals surface area contributed by atoms with Gasteiger partial charge in [0, 0.05) is 18.7 Å². The molecule has 0 saturated carbocycles. The Morgan fingerprint density at radius 1 is 1.44 bits per heavy atom. The van der Waals surface area contributed by atoms with Gasteiger partial charge in [0.05, 0.1) is 13.2 Å². The average Bonchev–Trinajstić information content (AvgIpc) is 2.41. The SMILES string of the molecule is C=Cc1cc(C)c(F)cc1C(=O)N1CCOCC1. The van der Waals surface area contributed by atoms with Crippen LogP contribution in [0.2, 0.25) is 0 Å². The minimum atomic E-state index is -0.364. The molecule has 0 radical (unpaired) electrons. The molecule has 3 nitrogen and oxygen atoms in total. The molecule has 1 amide bonds. The molecule has 4 heteroatoms. The van der Waals surface area contributed by atoms with Crippen LogP contribution in [0.25, 0.3) is 6.08 Å². The lowest BCUT2D eigenvalue weighted by Crippen LogP contribution is -2.41. The first-order valence-corrected chi connectivity index (χ1v) is 5.93. The number of amides is 1. The van der Waals surface area contributed by atoms with Gasteiger partial charge >= 0.3 is 0 Å². The van der Waals surface area contributed by atoms with Gasteiger partial charge in [-0.15, -0.1) is 0 Å². The predicted octanol–water partition coefficient (Wildman–Crippen LogP) is 2.25. The first kappa shape index (κ1) is 12.8. The van der Waals surface area contributed by atoms with Gasteiger partial charge in [-0.05, 0) is 30.2 Å². The second-order valence-electron chi connectivity index (χ2n) is 4.30. The van der Waals surface area contributed by atoms with Crippen LogP contribution in [-0.4, -0.2) is 37.1 Å². The summed E-state index contributed by atoms with van der Waals surface area (Å²) in [7, 11) is 0. The predicted molar refractivity (Wildman–Crippen MR) is 68.0 cm³/mol. The molecule has 0 aliphatic carbocycles. The molecular formula is C14H16FNO2. The average molecular weight is 249 g/mol. The van der Waals surface area contributed by atoms with Crippen molar-refractivity contribution in [3.8, 4) is 0 Å². The number of halogens is 1. The summed E-state index contributed by atoms with van der Waals surface area (Å²) in [6.45, 7) is 7.50. The van der Waals surface area contributed by atoms with Crippen molar-refractivity contribution in [2.45, 2.75) is 6.92 Å². The lowest BCUT2D eigenvalue weighted by Gasteiger charge is -2.27. The van der Waals surface area contributed by atoms with Crippen molar-refractivity contribution in [3.05, 3.63) is 41.2 Å². The first-order valence-electron chi connectivity index (χ1n) is 5.93. The van der Waals surface area contributed by atoms with Gasteiger partial charge in [-0.3, -0.25) is 4.79 Å². The fourth-order valence-corrected chi connectivity index (χ4v) is 1.99. The molecule has 0 spiro atoms. The molecule has 1 saturated heterocycles. The minimum absolute atomic E-state index is 0.160. The minimum Gasteiger partial charge on any atom is -0.378 e. The van der Waals surface area contributed by atoms with Gasteiger partial charge in [-0.25, -0.2) is 4.39 Å². The van der Waals surface area contributed by atoms with Crippen LogP contribution in [0.5, 0.6) is 0 Å². The maximum atomic E-state index is 13.6. The van der Waals surface area contributed by atoms with Crippen LogP contribution in [0.1, 0.15) is 21.5 Å². The Labute approximate surface area is 106 Å². The van der Waals surface area contributed by atoms with Crippen LogP contribution in [0.4, 0.5) is 4.39 Å². The van der Waals surface area contributed by atoms with Crippen LogP contribution in [-0.2, 0) is 4.74 Å². The normalized spacial score (nSPS) is 15.6. The molecule has 0 aromatic heterocycles. The Morgan fingerprint density at radius 3 is 2.72 bits per heavy atom. The van der Waals surface area contributed by atoms with Gasteiger partial charge in [0.25, 0.3) is 5.91 Å². The highest BCUT2D eigenvalue weighted by molar-refractivity contribution is 5.98. The Bertz CT molecular complexity index is 479. The number of carbonyl (C=O) groups excluding carboxylic acids is 1. The monoisotopic (exact) mass is 249 g/mol. The standard InChI is InChI=1S/C14H16FNO2/c1-3-11-8-10(2)13(15)9-12(11)14(17)16-4-6-18-7-5-16/h3,8-9H,1,4-7H2,2H3. The number of rotatable bonds is 2. The quantitative estimate of drug-likeness (QED) is 0.804. The molecule has 0 bridgehead atoms. The number of hydrogen-bond donors (Lipinski definition) is 0. The van der Waals surface area contributed by atoms with Gasteiger partial charge in [-0.1, -0.05) is 12.7 Å². The van der Waals surface area contributed by atoms with E-state index in [4.69, 9.17) is 4.74 Å². The van der Waals surface area contributed by atoms with E-state index in [0.717, 1.165) is 0 Å². The van der Waals surface area contributed by atoms with Crippen molar-refractivity contribution in [1.29, 1.82) is 0 Å². The van der Waals surface area contributed by atoms with Gasteiger partial charge in [0.2, 0.25) is 0 Å². The van der Waals surface area contributed by atoms with E-state index in [1.165, 1.54) is 6.07 Å². The number of nitrogens with zero attached hydrogens (tertiary/aromatic N) is 1. The van der Waals surface area contributed by atoms with Crippen molar-refractivity contribution < 1.29 is 13.9 Å². The van der Waals surface area contributed by atoms with E-state index in [1.54, 1.807) is 24.0 Å². The molecule has 1 aliphatic heterocycles. The highest BCUT2D eigenvalue weighted by Crippen LogP contribution is 2.19. The van der Waals surface area contributed by atoms with E-state index in [-0.39, 0.29) is 11.7 Å². The summed E-state index contributed by atoms with van der Waals surface area (Å²) in [5, 5.41) is 0. The largest absolute Gasteiger partial charge is 0.378 e. The molecular weight excluding hydrogens is 233 g/mol. The van der Waals surface area contributed by atoms with E-state index in [1.807, 2.05) is 0 Å². The van der Waals surface area contributed by atoms with Crippen LogP contribution in [0, 0.1) is 12.7 Å². The van der Waals surface area contributed by atoms with Crippen molar-refractivity contribution in [1.82, 2.24) is 4.90 Å². The maximum absolute atomic E-state index is 13.6. The van der Waals surface area contributed by atoms with Gasteiger partial charge in [0.1, 0.15) is 5.82 Å². The van der Waals surface area contributed by atoms with E-state index in [0.29, 0.717) is 43.0 Å². The first-order chi connectivity index (χ1) is 8.63. The highest BCUT2D eigenvalue weighted by Gasteiger charge is 2.21. The second-order valence-corrected chi connectivity index (χ2v) is 4.30. The third-order valence-corrected chi connectivity index (χ3v) is 3.08. The zero-order valence-electron chi connectivity index (χ0n) is 10.4. The van der Waals surface area contributed by atoms with Gasteiger partial charge in [-0.2, -0.15) is 0 Å². The molecule has 1 aromatic carbocycles. The van der Waals surface area contributed by atoms with E-state index < -0.39 is 0 Å². The number of benzene rings is 1. The fourth-order valence-electron chi connectivity index (χ4n) is 1.99. The fraction of sp³-hybridized carbons (Fsp3) is 0.357.